The molecule has 94 valence electrons. The van der Waals surface area contributed by atoms with E-state index in [-0.39, 0.29) is 0 Å². The molecule has 0 fully saturated rings. The van der Waals surface area contributed by atoms with E-state index in [0.717, 1.165) is 24.5 Å². The first-order valence-corrected chi connectivity index (χ1v) is 6.19. The van der Waals surface area contributed by atoms with E-state index >= 15 is 0 Å². The number of benzene rings is 1. The molecule has 0 amide bonds. The molecular formula is C15H19N3. The Morgan fingerprint density at radius 3 is 2.56 bits per heavy atom. The second kappa shape index (κ2) is 5.74. The van der Waals surface area contributed by atoms with E-state index in [9.17, 15) is 0 Å². The minimum atomic E-state index is 0.751. The van der Waals surface area contributed by atoms with Gasteiger partial charge in [-0.3, -0.25) is 9.97 Å². The molecule has 1 aromatic carbocycles. The summed E-state index contributed by atoms with van der Waals surface area (Å²) in [6.45, 7) is 7.82. The fourth-order valence-corrected chi connectivity index (χ4v) is 1.83. The molecule has 0 atom stereocenters. The van der Waals surface area contributed by atoms with E-state index in [1.165, 1.54) is 16.7 Å². The van der Waals surface area contributed by atoms with E-state index in [1.807, 2.05) is 13.1 Å². The van der Waals surface area contributed by atoms with Crippen LogP contribution in [0.2, 0.25) is 0 Å². The monoisotopic (exact) mass is 241 g/mol. The molecule has 0 spiro atoms. The zero-order valence-corrected chi connectivity index (χ0v) is 11.2. The van der Waals surface area contributed by atoms with Crippen molar-refractivity contribution in [1.29, 1.82) is 0 Å². The second-order valence-electron chi connectivity index (χ2n) is 4.68. The molecule has 0 saturated carbocycles. The van der Waals surface area contributed by atoms with E-state index in [0.29, 0.717) is 0 Å². The van der Waals surface area contributed by atoms with Gasteiger partial charge in [0.25, 0.3) is 0 Å². The van der Waals surface area contributed by atoms with Crippen LogP contribution in [0.25, 0.3) is 0 Å². The van der Waals surface area contributed by atoms with Crippen molar-refractivity contribution < 1.29 is 0 Å². The number of hydrogen-bond acceptors (Lipinski definition) is 3. The summed E-state index contributed by atoms with van der Waals surface area (Å²) in [7, 11) is 0. The maximum Gasteiger partial charge on any atom is 0.0724 e. The van der Waals surface area contributed by atoms with Gasteiger partial charge in [0.15, 0.2) is 0 Å². The van der Waals surface area contributed by atoms with Gasteiger partial charge in [0.1, 0.15) is 0 Å². The van der Waals surface area contributed by atoms with E-state index in [1.54, 1.807) is 6.20 Å². The van der Waals surface area contributed by atoms with Crippen molar-refractivity contribution in [3.8, 4) is 0 Å². The lowest BCUT2D eigenvalue weighted by Crippen LogP contribution is -2.14. The Bertz CT molecular complexity index is 518. The number of hydrogen-bond donors (Lipinski definition) is 1. The van der Waals surface area contributed by atoms with Crippen LogP contribution in [0.4, 0.5) is 0 Å². The highest BCUT2D eigenvalue weighted by Crippen LogP contribution is 2.10. The molecule has 2 rings (SSSR count). The van der Waals surface area contributed by atoms with Crippen LogP contribution >= 0.6 is 0 Å². The van der Waals surface area contributed by atoms with Gasteiger partial charge in [0.2, 0.25) is 0 Å². The van der Waals surface area contributed by atoms with Gasteiger partial charge in [-0.15, -0.1) is 0 Å². The predicted octanol–water partition coefficient (Wildman–Crippen LogP) is 2.69. The van der Waals surface area contributed by atoms with Gasteiger partial charge in [0.05, 0.1) is 11.4 Å². The summed E-state index contributed by atoms with van der Waals surface area (Å²) in [5.74, 6) is 0. The Morgan fingerprint density at radius 1 is 1.00 bits per heavy atom. The van der Waals surface area contributed by atoms with Gasteiger partial charge in [-0.2, -0.15) is 0 Å². The summed E-state index contributed by atoms with van der Waals surface area (Å²) in [5, 5.41) is 3.40. The lowest BCUT2D eigenvalue weighted by atomic mass is 10.1. The fraction of sp³-hybridized carbons (Fsp3) is 0.333. The maximum atomic E-state index is 4.32. The first-order chi connectivity index (χ1) is 8.65. The predicted molar refractivity (Wildman–Crippen MR) is 73.2 cm³/mol. The molecule has 18 heavy (non-hydrogen) atoms. The zero-order valence-electron chi connectivity index (χ0n) is 11.2. The van der Waals surface area contributed by atoms with Gasteiger partial charge < -0.3 is 5.32 Å². The number of aryl methyl sites for hydroxylation is 3. The maximum absolute atomic E-state index is 4.32. The van der Waals surface area contributed by atoms with E-state index in [2.05, 4.69) is 47.3 Å². The summed E-state index contributed by atoms with van der Waals surface area (Å²) < 4.78 is 0. The van der Waals surface area contributed by atoms with Gasteiger partial charge in [-0.05, 0) is 31.9 Å². The van der Waals surface area contributed by atoms with Crippen LogP contribution in [0.3, 0.4) is 0 Å². The summed E-state index contributed by atoms with van der Waals surface area (Å²) in [6, 6.07) is 6.53. The molecule has 3 heteroatoms. The third-order valence-corrected chi connectivity index (χ3v) is 2.96. The van der Waals surface area contributed by atoms with Crippen molar-refractivity contribution >= 4 is 0 Å². The standard InChI is InChI=1S/C15H19N3/c1-11-4-5-12(2)14(6-11)8-16-9-15-10-17-13(3)7-18-15/h4-7,10,16H,8-9H2,1-3H3. The van der Waals surface area contributed by atoms with Crippen LogP contribution in [0.15, 0.2) is 30.6 Å². The third kappa shape index (κ3) is 3.37. The highest BCUT2D eigenvalue weighted by Gasteiger charge is 1.99. The normalized spacial score (nSPS) is 10.6. The average Bonchev–Trinajstić information content (AvgIpc) is 2.36. The highest BCUT2D eigenvalue weighted by molar-refractivity contribution is 5.30. The molecule has 2 aromatic rings. The molecule has 0 unspecified atom stereocenters. The van der Waals surface area contributed by atoms with E-state index in [4.69, 9.17) is 0 Å². The van der Waals surface area contributed by atoms with Crippen molar-refractivity contribution in [2.24, 2.45) is 0 Å². The fourth-order valence-electron chi connectivity index (χ4n) is 1.83. The number of nitrogens with zero attached hydrogens (tertiary/aromatic N) is 2. The Kier molecular flexibility index (Phi) is 4.05. The van der Waals surface area contributed by atoms with Crippen LogP contribution in [-0.4, -0.2) is 9.97 Å². The number of nitrogens with one attached hydrogen (secondary N) is 1. The molecule has 0 radical (unpaired) electrons. The third-order valence-electron chi connectivity index (χ3n) is 2.96. The molecule has 0 aliphatic rings. The molecule has 0 bridgehead atoms. The van der Waals surface area contributed by atoms with Crippen LogP contribution < -0.4 is 5.32 Å². The average molecular weight is 241 g/mol. The van der Waals surface area contributed by atoms with Crippen molar-refractivity contribution in [2.75, 3.05) is 0 Å². The van der Waals surface area contributed by atoms with Crippen LogP contribution in [0.1, 0.15) is 28.1 Å². The molecular weight excluding hydrogens is 222 g/mol. The Labute approximate surface area is 108 Å². The largest absolute Gasteiger partial charge is 0.307 e. The van der Waals surface area contributed by atoms with Crippen LogP contribution in [0.5, 0.6) is 0 Å². The van der Waals surface area contributed by atoms with Crippen LogP contribution in [0, 0.1) is 20.8 Å². The molecule has 0 aliphatic heterocycles. The Morgan fingerprint density at radius 2 is 1.83 bits per heavy atom. The van der Waals surface area contributed by atoms with Crippen LogP contribution in [-0.2, 0) is 13.1 Å². The van der Waals surface area contributed by atoms with Crippen molar-refractivity contribution in [2.45, 2.75) is 33.9 Å². The summed E-state index contributed by atoms with van der Waals surface area (Å²) in [6.07, 6.45) is 3.63. The first kappa shape index (κ1) is 12.7. The minimum absolute atomic E-state index is 0.751. The van der Waals surface area contributed by atoms with Crippen molar-refractivity contribution in [3.63, 3.8) is 0 Å². The Hall–Kier alpha value is -1.74. The van der Waals surface area contributed by atoms with Gasteiger partial charge in [-0.1, -0.05) is 23.8 Å². The number of rotatable bonds is 4. The molecule has 1 N–H and O–H groups in total. The topological polar surface area (TPSA) is 37.8 Å². The summed E-state index contributed by atoms with van der Waals surface area (Å²) in [4.78, 5) is 8.56. The van der Waals surface area contributed by atoms with E-state index < -0.39 is 0 Å². The van der Waals surface area contributed by atoms with Gasteiger partial charge >= 0.3 is 0 Å². The molecule has 1 heterocycles. The molecule has 3 nitrogen and oxygen atoms in total. The summed E-state index contributed by atoms with van der Waals surface area (Å²) in [5.41, 5.74) is 5.89. The highest BCUT2D eigenvalue weighted by atomic mass is 14.9. The lowest BCUT2D eigenvalue weighted by molar-refractivity contribution is 0.673. The SMILES string of the molecule is Cc1ccc(C)c(CNCc2cnc(C)cn2)c1. The molecule has 0 aliphatic carbocycles. The Balaban J connectivity index is 1.92. The van der Waals surface area contributed by atoms with Crippen molar-refractivity contribution in [1.82, 2.24) is 15.3 Å². The lowest BCUT2D eigenvalue weighted by Gasteiger charge is -2.08. The number of aromatic nitrogens is 2. The van der Waals surface area contributed by atoms with Gasteiger partial charge in [-0.25, -0.2) is 0 Å². The van der Waals surface area contributed by atoms with Crippen molar-refractivity contribution in [3.05, 3.63) is 58.7 Å². The first-order valence-electron chi connectivity index (χ1n) is 6.19. The smallest absolute Gasteiger partial charge is 0.0724 e. The van der Waals surface area contributed by atoms with Gasteiger partial charge in [0, 0.05) is 25.5 Å². The molecule has 0 saturated heterocycles. The molecule has 1 aromatic heterocycles. The minimum Gasteiger partial charge on any atom is -0.307 e. The zero-order chi connectivity index (χ0) is 13.0. The quantitative estimate of drug-likeness (QED) is 0.894. The summed E-state index contributed by atoms with van der Waals surface area (Å²) >= 11 is 0. The second-order valence-corrected chi connectivity index (χ2v) is 4.68.